The third-order valence-corrected chi connectivity index (χ3v) is 8.10. The number of thiophene rings is 1. The highest BCUT2D eigenvalue weighted by atomic mass is 32.1. The van der Waals surface area contributed by atoms with Crippen LogP contribution in [0.2, 0.25) is 0 Å². The summed E-state index contributed by atoms with van der Waals surface area (Å²) in [5.41, 5.74) is 4.37. The smallest absolute Gasteiger partial charge is 0.272 e. The molecule has 3 aromatic rings. The maximum absolute atomic E-state index is 13.4. The molecule has 38 heavy (non-hydrogen) atoms. The summed E-state index contributed by atoms with van der Waals surface area (Å²) in [6.45, 7) is 3.44. The quantitative estimate of drug-likeness (QED) is 0.478. The van der Waals surface area contributed by atoms with Crippen molar-refractivity contribution in [2.45, 2.75) is 31.9 Å². The highest BCUT2D eigenvalue weighted by molar-refractivity contribution is 7.08. The predicted octanol–water partition coefficient (Wildman–Crippen LogP) is 3.77. The largest absolute Gasteiger partial charge is 0.496 e. The van der Waals surface area contributed by atoms with Gasteiger partial charge in [0.05, 0.1) is 44.0 Å². The molecule has 0 saturated carbocycles. The molecule has 5 heterocycles. The molecule has 198 valence electrons. The Morgan fingerprint density at radius 3 is 2.89 bits per heavy atom. The number of ether oxygens (including phenoxy) is 3. The number of benzene rings is 1. The van der Waals surface area contributed by atoms with E-state index in [1.54, 1.807) is 23.1 Å². The molecule has 0 bridgehead atoms. The molecule has 3 aliphatic heterocycles. The lowest BCUT2D eigenvalue weighted by atomic mass is 9.95. The van der Waals surface area contributed by atoms with Crippen molar-refractivity contribution in [1.82, 2.24) is 15.1 Å². The second-order valence-corrected chi connectivity index (χ2v) is 10.7. The molecule has 0 radical (unpaired) electrons. The number of nitrogens with zero attached hydrogens (tertiary/aromatic N) is 3. The lowest BCUT2D eigenvalue weighted by Crippen LogP contribution is -2.64. The Morgan fingerprint density at radius 2 is 2.21 bits per heavy atom. The van der Waals surface area contributed by atoms with Crippen LogP contribution in [0.4, 0.5) is 0 Å². The van der Waals surface area contributed by atoms with Gasteiger partial charge < -0.3 is 24.6 Å². The number of aliphatic imine (C=N–C) groups is 1. The summed E-state index contributed by atoms with van der Waals surface area (Å²) in [6.07, 6.45) is 6.40. The van der Waals surface area contributed by atoms with Gasteiger partial charge in [-0.15, -0.1) is 0 Å². The van der Waals surface area contributed by atoms with Gasteiger partial charge in [-0.25, -0.2) is 4.68 Å². The van der Waals surface area contributed by atoms with Crippen LogP contribution in [0.3, 0.4) is 0 Å². The van der Waals surface area contributed by atoms with Crippen molar-refractivity contribution >= 4 is 23.0 Å². The molecule has 1 aromatic carbocycles. The number of aromatic nitrogens is 2. The van der Waals surface area contributed by atoms with E-state index in [1.165, 1.54) is 0 Å². The number of hydrogen-bond acceptors (Lipinski definition) is 8. The molecule has 0 spiro atoms. The molecule has 0 aliphatic carbocycles. The van der Waals surface area contributed by atoms with E-state index < -0.39 is 5.54 Å². The number of allylic oxidation sites excluding steroid dienone is 2. The molecule has 1 saturated heterocycles. The van der Waals surface area contributed by atoms with Gasteiger partial charge in [-0.05, 0) is 42.3 Å². The van der Waals surface area contributed by atoms with Crippen molar-refractivity contribution in [3.05, 3.63) is 57.9 Å². The van der Waals surface area contributed by atoms with E-state index in [1.807, 2.05) is 29.0 Å². The van der Waals surface area contributed by atoms with E-state index in [0.29, 0.717) is 23.0 Å². The maximum Gasteiger partial charge on any atom is 0.272 e. The van der Waals surface area contributed by atoms with Gasteiger partial charge in [0.25, 0.3) is 5.91 Å². The number of methoxy groups -OCH3 is 1. The summed E-state index contributed by atoms with van der Waals surface area (Å²) < 4.78 is 19.0. The van der Waals surface area contributed by atoms with E-state index >= 15 is 0 Å². The Bertz CT molecular complexity index is 1420. The molecular weight excluding hydrogens is 504 g/mol. The second-order valence-electron chi connectivity index (χ2n) is 9.87. The minimum atomic E-state index is -0.787. The van der Waals surface area contributed by atoms with E-state index in [4.69, 9.17) is 24.3 Å². The fourth-order valence-corrected chi connectivity index (χ4v) is 5.70. The number of rotatable bonds is 7. The van der Waals surface area contributed by atoms with Gasteiger partial charge in [0.15, 0.2) is 5.69 Å². The Hall–Kier alpha value is -3.47. The van der Waals surface area contributed by atoms with Crippen LogP contribution in [0, 0.1) is 5.92 Å². The SMILES string of the molecule is CCC1C=CC(c2cc3c(cc2OC)OCc2c(C(=O)NC4(CO)COC4)nn(-c4ccsc4)c2-3)=NCC1. The summed E-state index contributed by atoms with van der Waals surface area (Å²) in [7, 11) is 1.65. The molecule has 10 heteroatoms. The first-order valence-corrected chi connectivity index (χ1v) is 13.7. The van der Waals surface area contributed by atoms with E-state index in [-0.39, 0.29) is 38.0 Å². The fourth-order valence-electron chi connectivity index (χ4n) is 5.09. The molecule has 9 nitrogen and oxygen atoms in total. The van der Waals surface area contributed by atoms with Gasteiger partial charge >= 0.3 is 0 Å². The zero-order valence-electron chi connectivity index (χ0n) is 21.4. The first-order valence-electron chi connectivity index (χ1n) is 12.8. The van der Waals surface area contributed by atoms with Gasteiger partial charge in [0.2, 0.25) is 0 Å². The second kappa shape index (κ2) is 10.0. The average Bonchev–Trinajstić information content (AvgIpc) is 3.52. The topological polar surface area (TPSA) is 107 Å². The van der Waals surface area contributed by atoms with Crippen molar-refractivity contribution in [3.63, 3.8) is 0 Å². The van der Waals surface area contributed by atoms with Crippen LogP contribution < -0.4 is 14.8 Å². The standard InChI is InChI=1S/C28H30N4O5S/c1-3-17-4-5-22(29-8-6-17)19-10-20-24(11-23(19)35-2)37-12-21-25(27(34)30-28(14-33)15-36-16-28)31-32(26(20)21)18-7-9-38-13-18/h4-5,7,9-11,13,17,33H,3,6,8,12,14-16H2,1-2H3,(H,30,34). The number of fused-ring (bicyclic) bond motifs is 3. The summed E-state index contributed by atoms with van der Waals surface area (Å²) in [6, 6.07) is 5.89. The van der Waals surface area contributed by atoms with Crippen molar-refractivity contribution < 1.29 is 24.1 Å². The van der Waals surface area contributed by atoms with Crippen molar-refractivity contribution in [2.75, 3.05) is 33.5 Å². The zero-order valence-corrected chi connectivity index (χ0v) is 22.2. The average molecular weight is 535 g/mol. The molecule has 2 N–H and O–H groups in total. The minimum absolute atomic E-state index is 0.180. The maximum atomic E-state index is 13.4. The molecule has 1 amide bonds. The molecule has 3 aliphatic rings. The molecule has 6 rings (SSSR count). The first kappa shape index (κ1) is 24.8. The van der Waals surface area contributed by atoms with E-state index in [0.717, 1.165) is 47.6 Å². The Balaban J connectivity index is 1.48. The van der Waals surface area contributed by atoms with E-state index in [9.17, 15) is 9.90 Å². The number of aliphatic hydroxyl groups is 1. The van der Waals surface area contributed by atoms with Gasteiger partial charge in [-0.3, -0.25) is 9.79 Å². The lowest BCUT2D eigenvalue weighted by molar-refractivity contribution is -0.0920. The van der Waals surface area contributed by atoms with Crippen LogP contribution in [-0.2, 0) is 11.3 Å². The number of nitrogens with one attached hydrogen (secondary N) is 1. The molecule has 1 unspecified atom stereocenters. The highest BCUT2D eigenvalue weighted by Crippen LogP contribution is 2.44. The molecular formula is C28H30N4O5S. The van der Waals surface area contributed by atoms with Gasteiger partial charge in [-0.1, -0.05) is 13.0 Å². The minimum Gasteiger partial charge on any atom is -0.496 e. The van der Waals surface area contributed by atoms with Crippen LogP contribution in [0.25, 0.3) is 16.9 Å². The number of carbonyl (C=O) groups excluding carboxylic acids is 1. The Labute approximate surface area is 224 Å². The number of aliphatic hydroxyl groups excluding tert-OH is 1. The third kappa shape index (κ3) is 4.22. The van der Waals surface area contributed by atoms with Gasteiger partial charge in [-0.2, -0.15) is 16.4 Å². The monoisotopic (exact) mass is 534 g/mol. The van der Waals surface area contributed by atoms with Crippen LogP contribution in [-0.4, -0.2) is 65.5 Å². The molecule has 2 aromatic heterocycles. The Kier molecular flexibility index (Phi) is 6.55. The van der Waals surface area contributed by atoms with Crippen LogP contribution >= 0.6 is 11.3 Å². The number of amides is 1. The van der Waals surface area contributed by atoms with Crippen molar-refractivity contribution in [2.24, 2.45) is 10.9 Å². The fraction of sp³-hybridized carbons (Fsp3) is 0.393. The predicted molar refractivity (Wildman–Crippen MR) is 145 cm³/mol. The Morgan fingerprint density at radius 1 is 1.34 bits per heavy atom. The van der Waals surface area contributed by atoms with Gasteiger partial charge in [0.1, 0.15) is 23.6 Å². The zero-order chi connectivity index (χ0) is 26.3. The lowest BCUT2D eigenvalue weighted by Gasteiger charge is -2.40. The summed E-state index contributed by atoms with van der Waals surface area (Å²) in [5.74, 6) is 1.47. The summed E-state index contributed by atoms with van der Waals surface area (Å²) in [5, 5.41) is 21.5. The summed E-state index contributed by atoms with van der Waals surface area (Å²) in [4.78, 5) is 18.3. The van der Waals surface area contributed by atoms with Crippen molar-refractivity contribution in [3.8, 4) is 28.4 Å². The number of carbonyl (C=O) groups is 1. The van der Waals surface area contributed by atoms with Crippen LogP contribution in [0.1, 0.15) is 41.4 Å². The van der Waals surface area contributed by atoms with Crippen molar-refractivity contribution in [1.29, 1.82) is 0 Å². The van der Waals surface area contributed by atoms with Crippen LogP contribution in [0.15, 0.2) is 46.1 Å². The highest BCUT2D eigenvalue weighted by Gasteiger charge is 2.41. The number of hydrogen-bond donors (Lipinski definition) is 2. The molecule has 1 fully saturated rings. The van der Waals surface area contributed by atoms with Gasteiger partial charge in [0, 0.05) is 34.7 Å². The van der Waals surface area contributed by atoms with Crippen LogP contribution in [0.5, 0.6) is 11.5 Å². The molecule has 1 atom stereocenters. The van der Waals surface area contributed by atoms with E-state index in [2.05, 4.69) is 24.4 Å². The summed E-state index contributed by atoms with van der Waals surface area (Å²) >= 11 is 1.56. The third-order valence-electron chi connectivity index (χ3n) is 7.42. The normalized spacial score (nSPS) is 19.3. The first-order chi connectivity index (χ1) is 18.6.